The number of carbonyl (C=O) groups excluding carboxylic acids is 1. The molecule has 0 spiro atoms. The number of nitrogens with one attached hydrogen (secondary N) is 2. The largest absolute Gasteiger partial charge is 0.493 e. The first-order chi connectivity index (χ1) is 14.1. The van der Waals surface area contributed by atoms with Gasteiger partial charge in [-0.1, -0.05) is 13.8 Å². The second-order valence-electron chi connectivity index (χ2n) is 7.65. The van der Waals surface area contributed by atoms with Crippen LogP contribution in [0.5, 0.6) is 11.5 Å². The zero-order chi connectivity index (χ0) is 22.3. The minimum atomic E-state index is -3.58. The first-order valence-corrected chi connectivity index (χ1v) is 11.3. The van der Waals surface area contributed by atoms with Gasteiger partial charge in [0.15, 0.2) is 11.5 Å². The highest BCUT2D eigenvalue weighted by Gasteiger charge is 2.16. The summed E-state index contributed by atoms with van der Waals surface area (Å²) in [5.41, 5.74) is 0.890. The van der Waals surface area contributed by atoms with Gasteiger partial charge in [0.2, 0.25) is 10.0 Å². The van der Waals surface area contributed by atoms with Gasteiger partial charge in [0.1, 0.15) is 0 Å². The lowest BCUT2D eigenvalue weighted by molar-refractivity contribution is 0.102. The van der Waals surface area contributed by atoms with Crippen LogP contribution in [-0.2, 0) is 10.0 Å². The van der Waals surface area contributed by atoms with Crippen LogP contribution in [0.4, 0.5) is 5.69 Å². The normalized spacial score (nSPS) is 11.6. The molecule has 0 aliphatic heterocycles. The Labute approximate surface area is 178 Å². The van der Waals surface area contributed by atoms with Crippen molar-refractivity contribution in [2.24, 2.45) is 5.92 Å². The number of hydrogen-bond donors (Lipinski definition) is 2. The lowest BCUT2D eigenvalue weighted by Gasteiger charge is -2.13. The highest BCUT2D eigenvalue weighted by molar-refractivity contribution is 7.89. The number of ether oxygens (including phenoxy) is 2. The van der Waals surface area contributed by atoms with Crippen molar-refractivity contribution < 1.29 is 22.7 Å². The van der Waals surface area contributed by atoms with E-state index in [4.69, 9.17) is 9.47 Å². The first kappa shape index (κ1) is 23.7. The first-order valence-electron chi connectivity index (χ1n) is 9.87. The summed E-state index contributed by atoms with van der Waals surface area (Å²) in [5, 5.41) is 2.76. The Kier molecular flexibility index (Phi) is 8.25. The van der Waals surface area contributed by atoms with E-state index in [0.29, 0.717) is 35.3 Å². The van der Waals surface area contributed by atoms with Crippen LogP contribution < -0.4 is 19.5 Å². The van der Waals surface area contributed by atoms with E-state index in [9.17, 15) is 13.2 Å². The number of benzene rings is 2. The number of hydrogen-bond acceptors (Lipinski definition) is 5. The van der Waals surface area contributed by atoms with Gasteiger partial charge in [0.05, 0.1) is 18.6 Å². The van der Waals surface area contributed by atoms with Crippen molar-refractivity contribution in [1.82, 2.24) is 4.72 Å². The fourth-order valence-electron chi connectivity index (χ4n) is 2.63. The van der Waals surface area contributed by atoms with E-state index < -0.39 is 10.0 Å². The summed E-state index contributed by atoms with van der Waals surface area (Å²) in [6.45, 7) is 8.32. The van der Waals surface area contributed by atoms with Gasteiger partial charge in [0.25, 0.3) is 5.91 Å². The Morgan fingerprint density at radius 2 is 1.67 bits per heavy atom. The number of anilines is 1. The fourth-order valence-corrected chi connectivity index (χ4v) is 3.88. The number of amides is 1. The standard InChI is InChI=1S/C22H30N2O5S/c1-15(2)12-13-29-20-11-6-17(14-21(20)28-5)22(25)23-18-7-9-19(10-8-18)30(26,27)24-16(3)4/h6-11,14-16,24H,12-13H2,1-5H3,(H,23,25). The van der Waals surface area contributed by atoms with Crippen molar-refractivity contribution in [3.8, 4) is 11.5 Å². The maximum atomic E-state index is 12.6. The average molecular weight is 435 g/mol. The number of rotatable bonds is 10. The fraction of sp³-hybridized carbons (Fsp3) is 0.409. The average Bonchev–Trinajstić information content (AvgIpc) is 2.67. The van der Waals surface area contributed by atoms with Crippen LogP contribution in [0.2, 0.25) is 0 Å². The van der Waals surface area contributed by atoms with E-state index in [2.05, 4.69) is 23.9 Å². The van der Waals surface area contributed by atoms with Crippen LogP contribution in [0.25, 0.3) is 0 Å². The highest BCUT2D eigenvalue weighted by atomic mass is 32.2. The molecule has 2 N–H and O–H groups in total. The summed E-state index contributed by atoms with van der Waals surface area (Å²) in [6.07, 6.45) is 0.920. The van der Waals surface area contributed by atoms with E-state index >= 15 is 0 Å². The van der Waals surface area contributed by atoms with Crippen molar-refractivity contribution in [2.45, 2.75) is 45.1 Å². The van der Waals surface area contributed by atoms with Crippen molar-refractivity contribution in [3.05, 3.63) is 48.0 Å². The molecule has 8 heteroatoms. The Hall–Kier alpha value is -2.58. The van der Waals surface area contributed by atoms with E-state index in [0.717, 1.165) is 6.42 Å². The molecule has 0 bridgehead atoms. The zero-order valence-electron chi connectivity index (χ0n) is 18.1. The molecule has 30 heavy (non-hydrogen) atoms. The molecule has 164 valence electrons. The van der Waals surface area contributed by atoms with Gasteiger partial charge in [-0.2, -0.15) is 0 Å². The Morgan fingerprint density at radius 3 is 2.23 bits per heavy atom. The number of carbonyl (C=O) groups is 1. The topological polar surface area (TPSA) is 93.7 Å². The summed E-state index contributed by atoms with van der Waals surface area (Å²) in [5.74, 6) is 1.26. The second kappa shape index (κ2) is 10.4. The van der Waals surface area contributed by atoms with Crippen molar-refractivity contribution >= 4 is 21.6 Å². The molecule has 0 aliphatic carbocycles. The maximum Gasteiger partial charge on any atom is 0.255 e. The third kappa shape index (κ3) is 6.74. The lowest BCUT2D eigenvalue weighted by atomic mass is 10.1. The van der Waals surface area contributed by atoms with Crippen LogP contribution >= 0.6 is 0 Å². The van der Waals surface area contributed by atoms with Crippen LogP contribution in [0.15, 0.2) is 47.4 Å². The quantitative estimate of drug-likeness (QED) is 0.588. The molecule has 7 nitrogen and oxygen atoms in total. The molecule has 2 aromatic rings. The predicted octanol–water partition coefficient (Wildman–Crippen LogP) is 4.06. The van der Waals surface area contributed by atoms with Crippen LogP contribution in [0.3, 0.4) is 0 Å². The van der Waals surface area contributed by atoms with Crippen molar-refractivity contribution in [2.75, 3.05) is 19.0 Å². The smallest absolute Gasteiger partial charge is 0.255 e. The van der Waals surface area contributed by atoms with Gasteiger partial charge in [-0.25, -0.2) is 13.1 Å². The van der Waals surface area contributed by atoms with E-state index in [1.165, 1.54) is 19.2 Å². The summed E-state index contributed by atoms with van der Waals surface area (Å²) >= 11 is 0. The van der Waals surface area contributed by atoms with Crippen LogP contribution in [0, 0.1) is 5.92 Å². The van der Waals surface area contributed by atoms with Crippen LogP contribution in [0.1, 0.15) is 44.5 Å². The maximum absolute atomic E-state index is 12.6. The summed E-state index contributed by atoms with van der Waals surface area (Å²) in [7, 11) is -2.05. The Balaban J connectivity index is 2.08. The van der Waals surface area contributed by atoms with Gasteiger partial charge in [0, 0.05) is 17.3 Å². The van der Waals surface area contributed by atoms with Gasteiger partial charge in [-0.05, 0) is 68.7 Å². The molecule has 0 atom stereocenters. The molecule has 0 saturated heterocycles. The Morgan fingerprint density at radius 1 is 1.00 bits per heavy atom. The molecule has 0 saturated carbocycles. The molecular formula is C22H30N2O5S. The summed E-state index contributed by atoms with van der Waals surface area (Å²) in [4.78, 5) is 12.7. The minimum absolute atomic E-state index is 0.138. The molecular weight excluding hydrogens is 404 g/mol. The minimum Gasteiger partial charge on any atom is -0.493 e. The van der Waals surface area contributed by atoms with E-state index in [1.807, 2.05) is 0 Å². The number of methoxy groups -OCH3 is 1. The zero-order valence-corrected chi connectivity index (χ0v) is 18.9. The van der Waals surface area contributed by atoms with E-state index in [1.54, 1.807) is 44.2 Å². The second-order valence-corrected chi connectivity index (χ2v) is 9.37. The molecule has 0 aliphatic rings. The van der Waals surface area contributed by atoms with E-state index in [-0.39, 0.29) is 16.8 Å². The predicted molar refractivity (Wildman–Crippen MR) is 118 cm³/mol. The van der Waals surface area contributed by atoms with Gasteiger partial charge >= 0.3 is 0 Å². The molecule has 0 heterocycles. The van der Waals surface area contributed by atoms with Crippen molar-refractivity contribution in [3.63, 3.8) is 0 Å². The SMILES string of the molecule is COc1cc(C(=O)Nc2ccc(S(=O)(=O)NC(C)C)cc2)ccc1OCCC(C)C. The molecule has 2 rings (SSSR count). The molecule has 2 aromatic carbocycles. The monoisotopic (exact) mass is 434 g/mol. The molecule has 0 unspecified atom stereocenters. The highest BCUT2D eigenvalue weighted by Crippen LogP contribution is 2.29. The summed E-state index contributed by atoms with van der Waals surface area (Å²) in [6, 6.07) is 10.8. The Bertz CT molecular complexity index is 954. The molecule has 0 fully saturated rings. The van der Waals surface area contributed by atoms with Gasteiger partial charge in [-0.15, -0.1) is 0 Å². The molecule has 1 amide bonds. The lowest BCUT2D eigenvalue weighted by Crippen LogP contribution is -2.30. The van der Waals surface area contributed by atoms with Crippen molar-refractivity contribution in [1.29, 1.82) is 0 Å². The third-order valence-electron chi connectivity index (χ3n) is 4.19. The molecule has 0 aromatic heterocycles. The van der Waals surface area contributed by atoms with Gasteiger partial charge in [-0.3, -0.25) is 4.79 Å². The summed E-state index contributed by atoms with van der Waals surface area (Å²) < 4.78 is 38.0. The molecule has 0 radical (unpaired) electrons. The van der Waals surface area contributed by atoms with Gasteiger partial charge < -0.3 is 14.8 Å². The van der Waals surface area contributed by atoms with Crippen LogP contribution in [-0.4, -0.2) is 34.1 Å². The third-order valence-corrected chi connectivity index (χ3v) is 5.87. The number of sulfonamides is 1.